The molecular weight excluding hydrogens is 350 g/mol. The van der Waals surface area contributed by atoms with Crippen molar-refractivity contribution in [3.63, 3.8) is 0 Å². The number of carbonyl (C=O) groups is 1. The zero-order chi connectivity index (χ0) is 18.4. The third-order valence-electron chi connectivity index (χ3n) is 5.45. The van der Waals surface area contributed by atoms with Crippen molar-refractivity contribution >= 4 is 17.2 Å². The minimum atomic E-state index is -0.428. The van der Waals surface area contributed by atoms with Crippen LogP contribution in [0.3, 0.4) is 0 Å². The molecule has 6 heteroatoms. The molecule has 0 saturated heterocycles. The van der Waals surface area contributed by atoms with Gasteiger partial charge < -0.3 is 19.5 Å². The van der Waals surface area contributed by atoms with Gasteiger partial charge in [0.1, 0.15) is 19.0 Å². The summed E-state index contributed by atoms with van der Waals surface area (Å²) < 4.78 is 16.7. The summed E-state index contributed by atoms with van der Waals surface area (Å²) in [5.41, 5.74) is 0.422. The average molecular weight is 373 g/mol. The van der Waals surface area contributed by atoms with Crippen molar-refractivity contribution in [1.82, 2.24) is 5.32 Å². The normalized spacial score (nSPS) is 22.6. The average Bonchev–Trinajstić information content (AvgIpc) is 3.01. The molecule has 138 valence electrons. The number of methoxy groups -OCH3 is 1. The van der Waals surface area contributed by atoms with Crippen LogP contribution in [-0.4, -0.2) is 26.2 Å². The largest absolute Gasteiger partial charge is 0.496 e. The molecule has 0 radical (unpaired) electrons. The van der Waals surface area contributed by atoms with Crippen LogP contribution in [0.25, 0.3) is 0 Å². The van der Waals surface area contributed by atoms with Gasteiger partial charge in [0.25, 0.3) is 0 Å². The molecule has 1 fully saturated rings. The van der Waals surface area contributed by atoms with Gasteiger partial charge in [0.2, 0.25) is 5.91 Å². The van der Waals surface area contributed by atoms with Gasteiger partial charge >= 0.3 is 0 Å². The zero-order valence-corrected chi connectivity index (χ0v) is 16.1. The van der Waals surface area contributed by atoms with Gasteiger partial charge in [0.05, 0.1) is 12.5 Å². The summed E-state index contributed by atoms with van der Waals surface area (Å²) in [5, 5.41) is 5.15. The highest BCUT2D eigenvalue weighted by atomic mass is 32.1. The van der Waals surface area contributed by atoms with Crippen molar-refractivity contribution < 1.29 is 19.0 Å². The maximum absolute atomic E-state index is 13.1. The van der Waals surface area contributed by atoms with Crippen LogP contribution in [-0.2, 0) is 16.8 Å². The van der Waals surface area contributed by atoms with E-state index in [1.165, 1.54) is 0 Å². The Kier molecular flexibility index (Phi) is 4.10. The number of hydrogen-bond acceptors (Lipinski definition) is 5. The number of nitrogens with one attached hydrogen (secondary N) is 1. The fourth-order valence-corrected chi connectivity index (χ4v) is 4.93. The van der Waals surface area contributed by atoms with Crippen molar-refractivity contribution in [2.45, 2.75) is 32.2 Å². The molecule has 4 rings (SSSR count). The highest BCUT2D eigenvalue weighted by molar-refractivity contribution is 7.10. The highest BCUT2D eigenvalue weighted by Gasteiger charge is 2.67. The topological polar surface area (TPSA) is 56.8 Å². The Morgan fingerprint density at radius 3 is 2.54 bits per heavy atom. The lowest BCUT2D eigenvalue weighted by Crippen LogP contribution is -2.37. The van der Waals surface area contributed by atoms with Gasteiger partial charge in [-0.1, -0.05) is 19.9 Å². The molecule has 2 heterocycles. The molecule has 0 spiro atoms. The first-order valence-corrected chi connectivity index (χ1v) is 9.65. The number of ether oxygens (including phenoxy) is 3. The van der Waals surface area contributed by atoms with Crippen LogP contribution in [0.15, 0.2) is 29.6 Å². The van der Waals surface area contributed by atoms with Gasteiger partial charge in [-0.15, -0.1) is 11.3 Å². The number of rotatable bonds is 5. The third kappa shape index (κ3) is 2.63. The van der Waals surface area contributed by atoms with Crippen molar-refractivity contribution in [3.05, 3.63) is 40.1 Å². The highest BCUT2D eigenvalue weighted by Crippen LogP contribution is 2.65. The second kappa shape index (κ2) is 6.20. The molecule has 0 bridgehead atoms. The first kappa shape index (κ1) is 17.2. The van der Waals surface area contributed by atoms with Crippen LogP contribution >= 0.6 is 11.3 Å². The minimum absolute atomic E-state index is 0.0289. The number of hydrogen-bond donors (Lipinski definition) is 1. The minimum Gasteiger partial charge on any atom is -0.496 e. The van der Waals surface area contributed by atoms with E-state index in [0.717, 1.165) is 16.9 Å². The number of fused-ring (bicyclic) bond motifs is 1. The lowest BCUT2D eigenvalue weighted by Gasteiger charge is -2.22. The van der Waals surface area contributed by atoms with E-state index in [9.17, 15) is 4.79 Å². The molecule has 2 aliphatic rings. The maximum atomic E-state index is 13.1. The SMILES string of the molecule is COc1cc2c(cc1CNC(=O)[C@@]1(c3cccs3)CC1(C)C)OCCO2. The lowest BCUT2D eigenvalue weighted by molar-refractivity contribution is -0.124. The maximum Gasteiger partial charge on any atom is 0.232 e. The Morgan fingerprint density at radius 2 is 1.96 bits per heavy atom. The van der Waals surface area contributed by atoms with Gasteiger partial charge in [-0.2, -0.15) is 0 Å². The Morgan fingerprint density at radius 1 is 1.27 bits per heavy atom. The number of thiophene rings is 1. The second-order valence-electron chi connectivity index (χ2n) is 7.43. The Hall–Kier alpha value is -2.21. The number of amides is 1. The van der Waals surface area contributed by atoms with Crippen LogP contribution in [0.4, 0.5) is 0 Å². The number of carbonyl (C=O) groups excluding carboxylic acids is 1. The summed E-state index contributed by atoms with van der Waals surface area (Å²) in [4.78, 5) is 14.2. The molecule has 1 amide bonds. The molecule has 2 aromatic rings. The molecule has 1 aliphatic carbocycles. The van der Waals surface area contributed by atoms with E-state index >= 15 is 0 Å². The van der Waals surface area contributed by atoms with Crippen molar-refractivity contribution in [1.29, 1.82) is 0 Å². The smallest absolute Gasteiger partial charge is 0.232 e. The Bertz CT molecular complexity index is 831. The summed E-state index contributed by atoms with van der Waals surface area (Å²) in [6, 6.07) is 7.78. The van der Waals surface area contributed by atoms with E-state index in [0.29, 0.717) is 37.0 Å². The van der Waals surface area contributed by atoms with E-state index in [4.69, 9.17) is 14.2 Å². The monoisotopic (exact) mass is 373 g/mol. The van der Waals surface area contributed by atoms with Crippen LogP contribution in [0.5, 0.6) is 17.2 Å². The first-order valence-electron chi connectivity index (χ1n) is 8.77. The van der Waals surface area contributed by atoms with Crippen LogP contribution in [0.1, 0.15) is 30.7 Å². The molecule has 26 heavy (non-hydrogen) atoms. The summed E-state index contributed by atoms with van der Waals surface area (Å²) >= 11 is 1.65. The standard InChI is InChI=1S/C20H23NO4S/c1-19(2)12-20(19,17-5-4-8-26-17)18(22)21-11-13-9-15-16(10-14(13)23-3)25-7-6-24-15/h4-5,8-10H,6-7,11-12H2,1-3H3,(H,21,22)/t20-/m0/s1. The molecule has 1 aliphatic heterocycles. The molecular formula is C20H23NO4S. The molecule has 5 nitrogen and oxygen atoms in total. The Labute approximate surface area is 157 Å². The van der Waals surface area contributed by atoms with Gasteiger partial charge in [-0.25, -0.2) is 0 Å². The summed E-state index contributed by atoms with van der Waals surface area (Å²) in [5.74, 6) is 2.14. The van der Waals surface area contributed by atoms with E-state index in [1.807, 2.05) is 23.6 Å². The molecule has 1 saturated carbocycles. The quantitative estimate of drug-likeness (QED) is 0.871. The molecule has 0 unspecified atom stereocenters. The summed E-state index contributed by atoms with van der Waals surface area (Å²) in [6.45, 7) is 5.75. The summed E-state index contributed by atoms with van der Waals surface area (Å²) in [6.07, 6.45) is 0.866. The second-order valence-corrected chi connectivity index (χ2v) is 8.38. The zero-order valence-electron chi connectivity index (χ0n) is 15.3. The molecule has 1 aromatic carbocycles. The predicted molar refractivity (Wildman–Crippen MR) is 100 cm³/mol. The fourth-order valence-electron chi connectivity index (χ4n) is 3.83. The molecule has 1 N–H and O–H groups in total. The molecule has 1 aromatic heterocycles. The third-order valence-corrected chi connectivity index (χ3v) is 6.48. The van der Waals surface area contributed by atoms with Crippen LogP contribution < -0.4 is 19.5 Å². The van der Waals surface area contributed by atoms with Gasteiger partial charge in [0, 0.05) is 23.1 Å². The van der Waals surface area contributed by atoms with Crippen LogP contribution in [0.2, 0.25) is 0 Å². The van der Waals surface area contributed by atoms with E-state index in [2.05, 4.69) is 25.2 Å². The van der Waals surface area contributed by atoms with Crippen LogP contribution in [0, 0.1) is 5.41 Å². The number of benzene rings is 1. The van der Waals surface area contributed by atoms with E-state index in [1.54, 1.807) is 18.4 Å². The first-order chi connectivity index (χ1) is 12.5. The predicted octanol–water partition coefficient (Wildman–Crippen LogP) is 3.51. The van der Waals surface area contributed by atoms with E-state index in [-0.39, 0.29) is 11.3 Å². The summed E-state index contributed by atoms with van der Waals surface area (Å²) in [7, 11) is 1.62. The lowest BCUT2D eigenvalue weighted by atomic mass is 9.93. The van der Waals surface area contributed by atoms with Crippen molar-refractivity contribution in [3.8, 4) is 17.2 Å². The van der Waals surface area contributed by atoms with Crippen molar-refractivity contribution in [2.24, 2.45) is 5.41 Å². The van der Waals surface area contributed by atoms with Gasteiger partial charge in [-0.3, -0.25) is 4.79 Å². The van der Waals surface area contributed by atoms with E-state index < -0.39 is 5.41 Å². The Balaban J connectivity index is 1.55. The van der Waals surface area contributed by atoms with Gasteiger partial charge in [-0.05, 0) is 29.3 Å². The van der Waals surface area contributed by atoms with Crippen molar-refractivity contribution in [2.75, 3.05) is 20.3 Å². The molecule has 1 atom stereocenters. The fraction of sp³-hybridized carbons (Fsp3) is 0.450. The van der Waals surface area contributed by atoms with Gasteiger partial charge in [0.15, 0.2) is 11.5 Å².